The van der Waals surface area contributed by atoms with E-state index in [0.29, 0.717) is 0 Å². The molecule has 1 aromatic rings. The molecule has 0 saturated carbocycles. The van der Waals surface area contributed by atoms with Crippen LogP contribution in [-0.2, 0) is 6.42 Å². The molecule has 0 aliphatic heterocycles. The van der Waals surface area contributed by atoms with Gasteiger partial charge in [-0.1, -0.05) is 13.3 Å². The Balaban J connectivity index is 0.000000640. The molecule has 0 amide bonds. The van der Waals surface area contributed by atoms with E-state index in [1.807, 2.05) is 6.20 Å². The van der Waals surface area contributed by atoms with Gasteiger partial charge in [-0.2, -0.15) is 0 Å². The summed E-state index contributed by atoms with van der Waals surface area (Å²) in [5.74, 6) is 0. The second-order valence-corrected chi connectivity index (χ2v) is 1.83. The number of hydrogen-bond acceptors (Lipinski definition) is 1. The number of H-pyrrole nitrogens is 1. The first-order valence-electron chi connectivity index (χ1n) is 2.90. The molecule has 1 heterocycles. The van der Waals surface area contributed by atoms with E-state index >= 15 is 0 Å². The maximum atomic E-state index is 3.89. The third-order valence-corrected chi connectivity index (χ3v) is 1.07. The van der Waals surface area contributed by atoms with Crippen molar-refractivity contribution >= 4 is 12.4 Å². The minimum Gasteiger partial charge on any atom is -0.348 e. The van der Waals surface area contributed by atoms with E-state index in [4.69, 9.17) is 0 Å². The van der Waals surface area contributed by atoms with Crippen molar-refractivity contribution in [2.75, 3.05) is 0 Å². The van der Waals surface area contributed by atoms with E-state index in [1.165, 1.54) is 12.1 Å². The summed E-state index contributed by atoms with van der Waals surface area (Å²) in [4.78, 5) is 6.91. The monoisotopic (exact) mass is 146 g/mol. The molecule has 3 heteroatoms. The lowest BCUT2D eigenvalue weighted by Gasteiger charge is -1.86. The summed E-state index contributed by atoms with van der Waals surface area (Å²) in [5.41, 5.74) is 1.23. The highest BCUT2D eigenvalue weighted by Crippen LogP contribution is 1.93. The van der Waals surface area contributed by atoms with Crippen LogP contribution in [0.25, 0.3) is 0 Å². The van der Waals surface area contributed by atoms with Crippen molar-refractivity contribution in [3.05, 3.63) is 18.2 Å². The number of halogens is 1. The van der Waals surface area contributed by atoms with Gasteiger partial charge in [0.05, 0.1) is 6.33 Å². The molecule has 0 radical (unpaired) electrons. The summed E-state index contributed by atoms with van der Waals surface area (Å²) >= 11 is 0. The number of imidazole rings is 1. The third kappa shape index (κ3) is 2.51. The molecule has 1 rings (SSSR count). The van der Waals surface area contributed by atoms with E-state index in [9.17, 15) is 0 Å². The van der Waals surface area contributed by atoms with E-state index < -0.39 is 0 Å². The zero-order valence-electron chi connectivity index (χ0n) is 5.42. The minimum atomic E-state index is 0. The van der Waals surface area contributed by atoms with Crippen LogP contribution in [0, 0.1) is 0 Å². The molecule has 0 aliphatic carbocycles. The van der Waals surface area contributed by atoms with Crippen molar-refractivity contribution in [2.45, 2.75) is 19.8 Å². The number of aromatic nitrogens is 2. The van der Waals surface area contributed by atoms with Crippen molar-refractivity contribution in [3.63, 3.8) is 0 Å². The van der Waals surface area contributed by atoms with Gasteiger partial charge < -0.3 is 4.98 Å². The molecule has 1 N–H and O–H groups in total. The van der Waals surface area contributed by atoms with Crippen molar-refractivity contribution < 1.29 is 0 Å². The fraction of sp³-hybridized carbons (Fsp3) is 0.500. The second-order valence-electron chi connectivity index (χ2n) is 1.83. The Bertz CT molecular complexity index is 137. The van der Waals surface area contributed by atoms with Gasteiger partial charge in [0.1, 0.15) is 0 Å². The number of hydrogen-bond donors (Lipinski definition) is 1. The van der Waals surface area contributed by atoms with Gasteiger partial charge in [-0.3, -0.25) is 0 Å². The van der Waals surface area contributed by atoms with Crippen LogP contribution in [0.15, 0.2) is 12.5 Å². The fourth-order valence-electron chi connectivity index (χ4n) is 0.691. The number of nitrogens with zero attached hydrogens (tertiary/aromatic N) is 1. The molecule has 0 atom stereocenters. The molecule has 0 bridgehead atoms. The van der Waals surface area contributed by atoms with Crippen molar-refractivity contribution in [3.8, 4) is 0 Å². The van der Waals surface area contributed by atoms with E-state index in [0.717, 1.165) is 6.42 Å². The van der Waals surface area contributed by atoms with E-state index in [2.05, 4.69) is 16.9 Å². The van der Waals surface area contributed by atoms with Gasteiger partial charge in [0.15, 0.2) is 0 Å². The van der Waals surface area contributed by atoms with Gasteiger partial charge in [0.2, 0.25) is 0 Å². The Hall–Kier alpha value is -0.500. The lowest BCUT2D eigenvalue weighted by Crippen LogP contribution is -1.79. The number of nitrogens with one attached hydrogen (secondary N) is 1. The van der Waals surface area contributed by atoms with Crippen molar-refractivity contribution in [1.29, 1.82) is 0 Å². The number of rotatable bonds is 2. The van der Waals surface area contributed by atoms with Crippen LogP contribution in [0.1, 0.15) is 19.0 Å². The van der Waals surface area contributed by atoms with Crippen LogP contribution in [0.4, 0.5) is 0 Å². The van der Waals surface area contributed by atoms with Gasteiger partial charge in [0.25, 0.3) is 0 Å². The first kappa shape index (κ1) is 8.50. The SMILES string of the molecule is CCCc1cnc[nH]1.Cl. The van der Waals surface area contributed by atoms with Crippen LogP contribution in [-0.4, -0.2) is 9.97 Å². The average molecular weight is 147 g/mol. The fourth-order valence-corrected chi connectivity index (χ4v) is 0.691. The molecule has 52 valence electrons. The summed E-state index contributed by atoms with van der Waals surface area (Å²) in [6.45, 7) is 2.15. The lowest BCUT2D eigenvalue weighted by molar-refractivity contribution is 0.892. The van der Waals surface area contributed by atoms with Crippen molar-refractivity contribution in [1.82, 2.24) is 9.97 Å². The predicted octanol–water partition coefficient (Wildman–Crippen LogP) is 1.78. The molecule has 9 heavy (non-hydrogen) atoms. The summed E-state index contributed by atoms with van der Waals surface area (Å²) < 4.78 is 0. The summed E-state index contributed by atoms with van der Waals surface area (Å²) in [6.07, 6.45) is 5.87. The highest BCUT2D eigenvalue weighted by molar-refractivity contribution is 5.85. The highest BCUT2D eigenvalue weighted by Gasteiger charge is 1.86. The van der Waals surface area contributed by atoms with Gasteiger partial charge in [-0.05, 0) is 6.42 Å². The molecule has 0 aliphatic rings. The molecule has 0 fully saturated rings. The Morgan fingerprint density at radius 2 is 2.44 bits per heavy atom. The van der Waals surface area contributed by atoms with Gasteiger partial charge in [-0.25, -0.2) is 4.98 Å². The van der Waals surface area contributed by atoms with Gasteiger partial charge in [0, 0.05) is 11.9 Å². The number of aryl methyl sites for hydroxylation is 1. The topological polar surface area (TPSA) is 28.7 Å². The Morgan fingerprint density at radius 3 is 2.89 bits per heavy atom. The first-order valence-corrected chi connectivity index (χ1v) is 2.90. The summed E-state index contributed by atoms with van der Waals surface area (Å²) in [6, 6.07) is 0. The largest absolute Gasteiger partial charge is 0.348 e. The van der Waals surface area contributed by atoms with Crippen LogP contribution in [0.3, 0.4) is 0 Å². The predicted molar refractivity (Wildman–Crippen MR) is 39.8 cm³/mol. The normalized spacial score (nSPS) is 8.56. The molecule has 0 saturated heterocycles. The highest BCUT2D eigenvalue weighted by atomic mass is 35.5. The van der Waals surface area contributed by atoms with Crippen LogP contribution in [0.5, 0.6) is 0 Å². The standard InChI is InChI=1S/C6H10N2.ClH/c1-2-3-6-4-7-5-8-6;/h4-5H,2-3H2,1H3,(H,7,8);1H. The van der Waals surface area contributed by atoms with Gasteiger partial charge >= 0.3 is 0 Å². The van der Waals surface area contributed by atoms with Gasteiger partial charge in [-0.15, -0.1) is 12.4 Å². The van der Waals surface area contributed by atoms with Crippen LogP contribution >= 0.6 is 12.4 Å². The lowest BCUT2D eigenvalue weighted by atomic mass is 10.3. The van der Waals surface area contributed by atoms with E-state index in [-0.39, 0.29) is 12.4 Å². The smallest absolute Gasteiger partial charge is 0.0921 e. The Morgan fingerprint density at radius 1 is 1.67 bits per heavy atom. The van der Waals surface area contributed by atoms with Crippen molar-refractivity contribution in [2.24, 2.45) is 0 Å². The molecular weight excluding hydrogens is 136 g/mol. The summed E-state index contributed by atoms with van der Waals surface area (Å²) in [7, 11) is 0. The molecule has 2 nitrogen and oxygen atoms in total. The maximum Gasteiger partial charge on any atom is 0.0921 e. The summed E-state index contributed by atoms with van der Waals surface area (Å²) in [5, 5.41) is 0. The molecule has 0 unspecified atom stereocenters. The second kappa shape index (κ2) is 4.39. The Labute approximate surface area is 61.1 Å². The average Bonchev–Trinajstić information content (AvgIpc) is 2.19. The zero-order chi connectivity index (χ0) is 5.82. The molecule has 1 aromatic heterocycles. The molecule has 0 aromatic carbocycles. The molecule has 0 spiro atoms. The van der Waals surface area contributed by atoms with Crippen LogP contribution in [0.2, 0.25) is 0 Å². The van der Waals surface area contributed by atoms with E-state index in [1.54, 1.807) is 6.33 Å². The molecular formula is C6H11ClN2. The Kier molecular flexibility index (Phi) is 4.14. The third-order valence-electron chi connectivity index (χ3n) is 1.07. The first-order chi connectivity index (χ1) is 3.93. The van der Waals surface area contributed by atoms with Crippen LogP contribution < -0.4 is 0 Å². The number of aromatic amines is 1. The zero-order valence-corrected chi connectivity index (χ0v) is 6.24. The quantitative estimate of drug-likeness (QED) is 0.677. The minimum absolute atomic E-state index is 0. The maximum absolute atomic E-state index is 3.89.